The highest BCUT2D eigenvalue weighted by molar-refractivity contribution is 7.80. The molecule has 0 radical (unpaired) electrons. The van der Waals surface area contributed by atoms with Crippen LogP contribution in [-0.2, 0) is 0 Å². The molecule has 0 atom stereocenters. The number of rotatable bonds is 0. The lowest BCUT2D eigenvalue weighted by molar-refractivity contribution is 1.15. The van der Waals surface area contributed by atoms with Crippen molar-refractivity contribution in [3.63, 3.8) is 0 Å². The highest BCUT2D eigenvalue weighted by Gasteiger charge is 1.96. The number of hydrogen-bond donors (Lipinski definition) is 2. The highest BCUT2D eigenvalue weighted by atomic mass is 32.1. The first kappa shape index (κ1) is 7.30. The molecule has 5 heteroatoms. The standard InChI is InChI=1S/C7H5N3OS/c11-6-3-9-7-5(10-6)1-4(12)2-8-7/h1-3,12H,(H,10,11). The second-order valence-corrected chi connectivity index (χ2v) is 2.83. The Morgan fingerprint density at radius 3 is 2.92 bits per heavy atom. The molecule has 2 aromatic rings. The second-order valence-electron chi connectivity index (χ2n) is 2.31. The van der Waals surface area contributed by atoms with Gasteiger partial charge in [0.05, 0.1) is 11.7 Å². The van der Waals surface area contributed by atoms with Crippen molar-refractivity contribution >= 4 is 23.8 Å². The molecule has 0 aromatic carbocycles. The molecule has 0 unspecified atom stereocenters. The van der Waals surface area contributed by atoms with Gasteiger partial charge in [-0.3, -0.25) is 4.79 Å². The lowest BCUT2D eigenvalue weighted by Gasteiger charge is -1.94. The quantitative estimate of drug-likeness (QED) is 0.582. The summed E-state index contributed by atoms with van der Waals surface area (Å²) in [5, 5.41) is 0. The van der Waals surface area contributed by atoms with Gasteiger partial charge in [-0.1, -0.05) is 0 Å². The summed E-state index contributed by atoms with van der Waals surface area (Å²) in [5.74, 6) is 0. The Hall–Kier alpha value is -1.36. The Kier molecular flexibility index (Phi) is 1.58. The first-order valence-electron chi connectivity index (χ1n) is 3.30. The van der Waals surface area contributed by atoms with Gasteiger partial charge in [0, 0.05) is 11.1 Å². The van der Waals surface area contributed by atoms with E-state index in [2.05, 4.69) is 27.6 Å². The molecule has 0 bridgehead atoms. The van der Waals surface area contributed by atoms with Crippen molar-refractivity contribution < 1.29 is 0 Å². The van der Waals surface area contributed by atoms with Crippen molar-refractivity contribution in [3.8, 4) is 0 Å². The summed E-state index contributed by atoms with van der Waals surface area (Å²) in [6.07, 6.45) is 2.78. The largest absolute Gasteiger partial charge is 0.318 e. The molecular formula is C7H5N3OS. The van der Waals surface area contributed by atoms with Gasteiger partial charge in [-0.05, 0) is 6.07 Å². The monoisotopic (exact) mass is 179 g/mol. The van der Waals surface area contributed by atoms with Crippen LogP contribution in [0.5, 0.6) is 0 Å². The van der Waals surface area contributed by atoms with Crippen LogP contribution in [0, 0.1) is 0 Å². The number of aromatic nitrogens is 3. The Bertz CT molecular complexity index is 479. The van der Waals surface area contributed by atoms with Crippen molar-refractivity contribution in [1.29, 1.82) is 0 Å². The van der Waals surface area contributed by atoms with Gasteiger partial charge >= 0.3 is 0 Å². The van der Waals surface area contributed by atoms with Crippen molar-refractivity contribution in [2.24, 2.45) is 0 Å². The molecule has 0 aliphatic carbocycles. The Morgan fingerprint density at radius 2 is 2.08 bits per heavy atom. The fraction of sp³-hybridized carbons (Fsp3) is 0. The number of thiol groups is 1. The van der Waals surface area contributed by atoms with E-state index in [1.165, 1.54) is 6.20 Å². The van der Waals surface area contributed by atoms with Crippen LogP contribution in [0.15, 0.2) is 28.2 Å². The SMILES string of the molecule is O=c1cnc2ncc(S)cc2[nH]1. The maximum atomic E-state index is 10.8. The number of fused-ring (bicyclic) bond motifs is 1. The number of aromatic amines is 1. The normalized spacial score (nSPS) is 10.4. The lowest BCUT2D eigenvalue weighted by Crippen LogP contribution is -2.05. The lowest BCUT2D eigenvalue weighted by atomic mass is 10.4. The van der Waals surface area contributed by atoms with E-state index in [4.69, 9.17) is 0 Å². The first-order valence-corrected chi connectivity index (χ1v) is 3.74. The Balaban J connectivity index is 2.89. The zero-order valence-electron chi connectivity index (χ0n) is 5.98. The van der Waals surface area contributed by atoms with Crippen molar-refractivity contribution in [2.45, 2.75) is 4.90 Å². The number of nitrogens with zero attached hydrogens (tertiary/aromatic N) is 2. The second kappa shape index (κ2) is 2.60. The molecule has 0 fully saturated rings. The molecule has 12 heavy (non-hydrogen) atoms. The first-order chi connectivity index (χ1) is 5.75. The summed E-state index contributed by atoms with van der Waals surface area (Å²) in [7, 11) is 0. The maximum Gasteiger partial charge on any atom is 0.266 e. The number of H-pyrrole nitrogens is 1. The maximum absolute atomic E-state index is 10.8. The minimum absolute atomic E-state index is 0.233. The summed E-state index contributed by atoms with van der Waals surface area (Å²) in [6.45, 7) is 0. The van der Waals surface area contributed by atoms with E-state index in [1.807, 2.05) is 0 Å². The molecule has 60 valence electrons. The van der Waals surface area contributed by atoms with E-state index >= 15 is 0 Å². The molecule has 4 nitrogen and oxygen atoms in total. The molecule has 0 spiro atoms. The van der Waals surface area contributed by atoms with E-state index in [0.717, 1.165) is 0 Å². The average molecular weight is 179 g/mol. The Morgan fingerprint density at radius 1 is 1.33 bits per heavy atom. The predicted molar refractivity (Wildman–Crippen MR) is 47.4 cm³/mol. The molecule has 2 rings (SSSR count). The third-order valence-corrected chi connectivity index (χ3v) is 1.66. The van der Waals surface area contributed by atoms with Crippen molar-refractivity contribution in [3.05, 3.63) is 28.8 Å². The molecule has 0 aliphatic heterocycles. The van der Waals surface area contributed by atoms with E-state index in [1.54, 1.807) is 12.3 Å². The van der Waals surface area contributed by atoms with Crippen LogP contribution in [0.1, 0.15) is 0 Å². The number of pyridine rings is 1. The van der Waals surface area contributed by atoms with Crippen LogP contribution in [0.3, 0.4) is 0 Å². The van der Waals surface area contributed by atoms with E-state index in [0.29, 0.717) is 16.1 Å². The highest BCUT2D eigenvalue weighted by Crippen LogP contribution is 2.08. The van der Waals surface area contributed by atoms with Gasteiger partial charge < -0.3 is 4.98 Å². The van der Waals surface area contributed by atoms with Crippen LogP contribution < -0.4 is 5.56 Å². The van der Waals surface area contributed by atoms with Crippen LogP contribution >= 0.6 is 12.6 Å². The molecule has 1 N–H and O–H groups in total. The van der Waals surface area contributed by atoms with Gasteiger partial charge in [-0.25, -0.2) is 9.97 Å². The van der Waals surface area contributed by atoms with E-state index in [-0.39, 0.29) is 5.56 Å². The van der Waals surface area contributed by atoms with Crippen molar-refractivity contribution in [2.75, 3.05) is 0 Å². The molecule has 2 heterocycles. The topological polar surface area (TPSA) is 58.6 Å². The summed E-state index contributed by atoms with van der Waals surface area (Å²) < 4.78 is 0. The molecule has 0 saturated carbocycles. The van der Waals surface area contributed by atoms with E-state index in [9.17, 15) is 4.79 Å². The van der Waals surface area contributed by atoms with Gasteiger partial charge in [-0.2, -0.15) is 0 Å². The third-order valence-electron chi connectivity index (χ3n) is 1.41. The third kappa shape index (κ3) is 1.18. The zero-order chi connectivity index (χ0) is 8.55. The Labute approximate surface area is 73.1 Å². The molecule has 0 saturated heterocycles. The fourth-order valence-corrected chi connectivity index (χ4v) is 1.11. The fourth-order valence-electron chi connectivity index (χ4n) is 0.926. The number of hydrogen-bond acceptors (Lipinski definition) is 4. The summed E-state index contributed by atoms with van der Waals surface area (Å²) in [5.41, 5.74) is 0.894. The molecule has 2 aromatic heterocycles. The van der Waals surface area contributed by atoms with E-state index < -0.39 is 0 Å². The summed E-state index contributed by atoms with van der Waals surface area (Å²) >= 11 is 4.08. The zero-order valence-corrected chi connectivity index (χ0v) is 6.88. The van der Waals surface area contributed by atoms with Crippen LogP contribution in [-0.4, -0.2) is 15.0 Å². The van der Waals surface area contributed by atoms with Crippen LogP contribution in [0.25, 0.3) is 11.2 Å². The van der Waals surface area contributed by atoms with Gasteiger partial charge in [0.25, 0.3) is 5.56 Å². The summed E-state index contributed by atoms with van der Waals surface area (Å²) in [4.78, 5) is 21.9. The number of nitrogens with one attached hydrogen (secondary N) is 1. The van der Waals surface area contributed by atoms with Gasteiger partial charge in [0.15, 0.2) is 5.65 Å². The van der Waals surface area contributed by atoms with Gasteiger partial charge in [-0.15, -0.1) is 12.6 Å². The molecule has 0 aliphatic rings. The van der Waals surface area contributed by atoms with Crippen LogP contribution in [0.4, 0.5) is 0 Å². The van der Waals surface area contributed by atoms with Crippen LogP contribution in [0.2, 0.25) is 0 Å². The van der Waals surface area contributed by atoms with Gasteiger partial charge in [0.1, 0.15) is 0 Å². The minimum atomic E-state index is -0.233. The smallest absolute Gasteiger partial charge is 0.266 e. The summed E-state index contributed by atoms with van der Waals surface area (Å²) in [6, 6.07) is 1.71. The van der Waals surface area contributed by atoms with Gasteiger partial charge in [0.2, 0.25) is 0 Å². The average Bonchev–Trinajstić information content (AvgIpc) is 2.03. The minimum Gasteiger partial charge on any atom is -0.318 e. The van der Waals surface area contributed by atoms with Crippen molar-refractivity contribution in [1.82, 2.24) is 15.0 Å². The molecular weight excluding hydrogens is 174 g/mol. The predicted octanol–water partition coefficient (Wildman–Crippen LogP) is 0.607. The molecule has 0 amide bonds.